The SMILES string of the molecule is CC(C)c1nc(N2CC(C(C)C(=O)O)C2)cc(=O)[nH]1. The Morgan fingerprint density at radius 3 is 2.63 bits per heavy atom. The van der Waals surface area contributed by atoms with Crippen molar-refractivity contribution in [3.05, 3.63) is 22.2 Å². The lowest BCUT2D eigenvalue weighted by Crippen LogP contribution is -2.51. The van der Waals surface area contributed by atoms with Gasteiger partial charge in [-0.3, -0.25) is 9.59 Å². The second-order valence-electron chi connectivity index (χ2n) is 5.44. The number of rotatable bonds is 4. The van der Waals surface area contributed by atoms with Crippen molar-refractivity contribution in [2.75, 3.05) is 18.0 Å². The molecule has 1 fully saturated rings. The summed E-state index contributed by atoms with van der Waals surface area (Å²) < 4.78 is 0. The summed E-state index contributed by atoms with van der Waals surface area (Å²) in [4.78, 5) is 31.5. The molecule has 0 amide bonds. The highest BCUT2D eigenvalue weighted by Gasteiger charge is 2.35. The number of aromatic nitrogens is 2. The van der Waals surface area contributed by atoms with E-state index >= 15 is 0 Å². The number of carboxylic acid groups (broad SMARTS) is 1. The Labute approximate surface area is 111 Å². The number of carbonyl (C=O) groups is 1. The molecule has 0 spiro atoms. The maximum absolute atomic E-state index is 11.6. The molecule has 2 heterocycles. The van der Waals surface area contributed by atoms with Crippen LogP contribution in [0.3, 0.4) is 0 Å². The quantitative estimate of drug-likeness (QED) is 0.849. The number of anilines is 1. The van der Waals surface area contributed by atoms with Gasteiger partial charge >= 0.3 is 5.97 Å². The molecule has 104 valence electrons. The van der Waals surface area contributed by atoms with E-state index in [2.05, 4.69) is 9.97 Å². The van der Waals surface area contributed by atoms with Crippen LogP contribution in [0.5, 0.6) is 0 Å². The number of aliphatic carboxylic acids is 1. The van der Waals surface area contributed by atoms with Gasteiger partial charge in [0.25, 0.3) is 5.56 Å². The second-order valence-corrected chi connectivity index (χ2v) is 5.44. The van der Waals surface area contributed by atoms with Crippen LogP contribution in [0.2, 0.25) is 0 Å². The smallest absolute Gasteiger partial charge is 0.306 e. The monoisotopic (exact) mass is 265 g/mol. The summed E-state index contributed by atoms with van der Waals surface area (Å²) in [6.45, 7) is 6.93. The average Bonchev–Trinajstić information content (AvgIpc) is 2.25. The lowest BCUT2D eigenvalue weighted by atomic mass is 9.87. The van der Waals surface area contributed by atoms with Crippen molar-refractivity contribution in [3.63, 3.8) is 0 Å². The van der Waals surface area contributed by atoms with Crippen LogP contribution in [0.4, 0.5) is 5.82 Å². The van der Waals surface area contributed by atoms with E-state index in [1.54, 1.807) is 6.92 Å². The van der Waals surface area contributed by atoms with Gasteiger partial charge in [-0.1, -0.05) is 20.8 Å². The molecule has 1 unspecified atom stereocenters. The number of hydrogen-bond acceptors (Lipinski definition) is 4. The fourth-order valence-electron chi connectivity index (χ4n) is 2.12. The van der Waals surface area contributed by atoms with Crippen molar-refractivity contribution < 1.29 is 9.90 Å². The fraction of sp³-hybridized carbons (Fsp3) is 0.615. The first kappa shape index (κ1) is 13.6. The van der Waals surface area contributed by atoms with Crippen LogP contribution in [0.25, 0.3) is 0 Å². The zero-order valence-electron chi connectivity index (χ0n) is 11.4. The number of H-pyrrole nitrogens is 1. The maximum atomic E-state index is 11.6. The highest BCUT2D eigenvalue weighted by Crippen LogP contribution is 2.28. The highest BCUT2D eigenvalue weighted by atomic mass is 16.4. The third-order valence-electron chi connectivity index (χ3n) is 3.62. The largest absolute Gasteiger partial charge is 0.481 e. The lowest BCUT2D eigenvalue weighted by Gasteiger charge is -2.42. The summed E-state index contributed by atoms with van der Waals surface area (Å²) in [6, 6.07) is 1.47. The second kappa shape index (κ2) is 5.03. The minimum absolute atomic E-state index is 0.126. The first-order valence-electron chi connectivity index (χ1n) is 6.47. The molecule has 1 aromatic rings. The van der Waals surface area contributed by atoms with Gasteiger partial charge in [-0.15, -0.1) is 0 Å². The number of nitrogens with zero attached hydrogens (tertiary/aromatic N) is 2. The molecule has 0 bridgehead atoms. The van der Waals surface area contributed by atoms with E-state index in [0.717, 1.165) is 0 Å². The van der Waals surface area contributed by atoms with E-state index in [1.807, 2.05) is 18.7 Å². The van der Waals surface area contributed by atoms with Crippen LogP contribution >= 0.6 is 0 Å². The predicted octanol–water partition coefficient (Wildman–Crippen LogP) is 1.05. The third kappa shape index (κ3) is 2.77. The summed E-state index contributed by atoms with van der Waals surface area (Å²) in [5.74, 6) is 0.455. The van der Waals surface area contributed by atoms with Crippen molar-refractivity contribution in [1.82, 2.24) is 9.97 Å². The number of nitrogens with one attached hydrogen (secondary N) is 1. The van der Waals surface area contributed by atoms with E-state index < -0.39 is 5.97 Å². The van der Waals surface area contributed by atoms with Crippen molar-refractivity contribution in [2.45, 2.75) is 26.7 Å². The van der Waals surface area contributed by atoms with Gasteiger partial charge in [-0.2, -0.15) is 0 Å². The molecular formula is C13H19N3O3. The van der Waals surface area contributed by atoms with Crippen LogP contribution < -0.4 is 10.5 Å². The summed E-state index contributed by atoms with van der Waals surface area (Å²) in [5.41, 5.74) is -0.163. The third-order valence-corrected chi connectivity index (χ3v) is 3.62. The molecule has 1 aliphatic rings. The molecule has 0 aliphatic carbocycles. The topological polar surface area (TPSA) is 86.3 Å². The van der Waals surface area contributed by atoms with Crippen molar-refractivity contribution >= 4 is 11.8 Å². The Morgan fingerprint density at radius 1 is 1.47 bits per heavy atom. The molecule has 0 aromatic carbocycles. The van der Waals surface area contributed by atoms with E-state index in [-0.39, 0.29) is 23.3 Å². The van der Waals surface area contributed by atoms with E-state index in [4.69, 9.17) is 5.11 Å². The van der Waals surface area contributed by atoms with Gasteiger partial charge in [-0.05, 0) is 0 Å². The molecule has 0 saturated carbocycles. The Morgan fingerprint density at radius 2 is 2.11 bits per heavy atom. The first-order chi connectivity index (χ1) is 8.88. The van der Waals surface area contributed by atoms with E-state index in [9.17, 15) is 9.59 Å². The molecule has 6 heteroatoms. The van der Waals surface area contributed by atoms with Crippen molar-refractivity contribution in [2.24, 2.45) is 11.8 Å². The Balaban J connectivity index is 2.10. The van der Waals surface area contributed by atoms with Gasteiger partial charge in [-0.25, -0.2) is 4.98 Å². The summed E-state index contributed by atoms with van der Waals surface area (Å²) >= 11 is 0. The number of carboxylic acids is 1. The fourth-order valence-corrected chi connectivity index (χ4v) is 2.12. The normalized spacial score (nSPS) is 17.4. The van der Waals surface area contributed by atoms with Crippen LogP contribution in [0, 0.1) is 11.8 Å². The lowest BCUT2D eigenvalue weighted by molar-refractivity contribution is -0.143. The minimum Gasteiger partial charge on any atom is -0.481 e. The van der Waals surface area contributed by atoms with Crippen LogP contribution in [-0.2, 0) is 4.79 Å². The van der Waals surface area contributed by atoms with Gasteiger partial charge in [0.2, 0.25) is 0 Å². The zero-order chi connectivity index (χ0) is 14.2. The standard InChI is InChI=1S/C13H19N3O3/c1-7(2)12-14-10(4-11(17)15-12)16-5-9(6-16)8(3)13(18)19/h4,7-9H,5-6H2,1-3H3,(H,18,19)(H,14,15,17). The Kier molecular flexibility index (Phi) is 3.59. The zero-order valence-corrected chi connectivity index (χ0v) is 11.4. The molecule has 1 aliphatic heterocycles. The molecule has 2 N–H and O–H groups in total. The average molecular weight is 265 g/mol. The van der Waals surface area contributed by atoms with Crippen LogP contribution in [0.15, 0.2) is 10.9 Å². The van der Waals surface area contributed by atoms with Gasteiger partial charge in [0.1, 0.15) is 11.6 Å². The minimum atomic E-state index is -0.772. The van der Waals surface area contributed by atoms with E-state index in [0.29, 0.717) is 24.7 Å². The van der Waals surface area contributed by atoms with Gasteiger partial charge in [0.05, 0.1) is 5.92 Å². The van der Waals surface area contributed by atoms with Gasteiger partial charge < -0.3 is 15.0 Å². The summed E-state index contributed by atoms with van der Waals surface area (Å²) in [6.07, 6.45) is 0. The molecule has 1 atom stereocenters. The van der Waals surface area contributed by atoms with Gasteiger partial charge in [0.15, 0.2) is 0 Å². The number of aromatic amines is 1. The Bertz CT molecular complexity index is 532. The first-order valence-corrected chi connectivity index (χ1v) is 6.47. The Hall–Kier alpha value is -1.85. The summed E-state index contributed by atoms with van der Waals surface area (Å²) in [7, 11) is 0. The summed E-state index contributed by atoms with van der Waals surface area (Å²) in [5, 5.41) is 8.95. The molecule has 1 saturated heterocycles. The van der Waals surface area contributed by atoms with Crippen molar-refractivity contribution in [3.8, 4) is 0 Å². The van der Waals surface area contributed by atoms with Crippen molar-refractivity contribution in [1.29, 1.82) is 0 Å². The van der Waals surface area contributed by atoms with E-state index in [1.165, 1.54) is 6.07 Å². The molecule has 0 radical (unpaired) electrons. The highest BCUT2D eigenvalue weighted by molar-refractivity contribution is 5.70. The molecule has 19 heavy (non-hydrogen) atoms. The van der Waals surface area contributed by atoms with Crippen LogP contribution in [-0.4, -0.2) is 34.1 Å². The number of hydrogen-bond donors (Lipinski definition) is 2. The molecule has 1 aromatic heterocycles. The molecule has 2 rings (SSSR count). The predicted molar refractivity (Wildman–Crippen MR) is 71.4 cm³/mol. The molecular weight excluding hydrogens is 246 g/mol. The maximum Gasteiger partial charge on any atom is 0.306 e. The van der Waals surface area contributed by atoms with Gasteiger partial charge in [0, 0.05) is 31.0 Å². The van der Waals surface area contributed by atoms with Crippen LogP contribution in [0.1, 0.15) is 32.5 Å². The molecule has 6 nitrogen and oxygen atoms in total.